The van der Waals surface area contributed by atoms with Crippen LogP contribution in [0.4, 0.5) is 10.1 Å². The number of aromatic nitrogens is 2. The Bertz CT molecular complexity index is 747. The van der Waals surface area contributed by atoms with Gasteiger partial charge in [-0.05, 0) is 19.1 Å². The lowest BCUT2D eigenvalue weighted by atomic mass is 10.2. The van der Waals surface area contributed by atoms with Gasteiger partial charge in [-0.25, -0.2) is 12.8 Å². The molecule has 1 aromatic heterocycles. The standard InChI is InChI=1S/C13H17FN4O2S/c1-9-12(14)4-11(5-13(9)15)21(19,20)18(3)8-10-6-16-17(2)7-10/h4-7H,8,15H2,1-3H3. The molecule has 0 radical (unpaired) electrons. The van der Waals surface area contributed by atoms with Gasteiger partial charge in [0.05, 0.1) is 11.1 Å². The van der Waals surface area contributed by atoms with E-state index in [1.165, 1.54) is 20.0 Å². The highest BCUT2D eigenvalue weighted by Gasteiger charge is 2.23. The van der Waals surface area contributed by atoms with E-state index >= 15 is 0 Å². The molecule has 0 amide bonds. The van der Waals surface area contributed by atoms with E-state index in [2.05, 4.69) is 5.10 Å². The number of nitrogens with zero attached hydrogens (tertiary/aromatic N) is 3. The first-order chi connectivity index (χ1) is 9.71. The van der Waals surface area contributed by atoms with E-state index in [9.17, 15) is 12.8 Å². The predicted molar refractivity (Wildman–Crippen MR) is 77.4 cm³/mol. The largest absolute Gasteiger partial charge is 0.398 e. The van der Waals surface area contributed by atoms with E-state index in [4.69, 9.17) is 5.73 Å². The minimum atomic E-state index is -3.81. The fraction of sp³-hybridized carbons (Fsp3) is 0.308. The van der Waals surface area contributed by atoms with Crippen molar-refractivity contribution in [2.24, 2.45) is 7.05 Å². The number of hydrogen-bond acceptors (Lipinski definition) is 4. The summed E-state index contributed by atoms with van der Waals surface area (Å²) in [6, 6.07) is 2.26. The molecule has 2 rings (SSSR count). The van der Waals surface area contributed by atoms with Gasteiger partial charge in [-0.3, -0.25) is 4.68 Å². The van der Waals surface area contributed by atoms with Crippen LogP contribution < -0.4 is 5.73 Å². The second kappa shape index (κ2) is 5.45. The van der Waals surface area contributed by atoms with Crippen molar-refractivity contribution in [1.82, 2.24) is 14.1 Å². The predicted octanol–water partition coefficient (Wildman–Crippen LogP) is 1.27. The second-order valence-electron chi connectivity index (χ2n) is 4.90. The molecule has 0 unspecified atom stereocenters. The molecule has 2 aromatic rings. The summed E-state index contributed by atoms with van der Waals surface area (Å²) in [5.41, 5.74) is 6.73. The van der Waals surface area contributed by atoms with Crippen molar-refractivity contribution in [1.29, 1.82) is 0 Å². The van der Waals surface area contributed by atoms with E-state index < -0.39 is 15.8 Å². The third-order valence-electron chi connectivity index (χ3n) is 3.23. The van der Waals surface area contributed by atoms with Gasteiger partial charge in [-0.1, -0.05) is 0 Å². The normalized spacial score (nSPS) is 12.0. The van der Waals surface area contributed by atoms with Gasteiger partial charge in [0.2, 0.25) is 10.0 Å². The molecule has 0 aliphatic carbocycles. The van der Waals surface area contributed by atoms with Gasteiger partial charge in [0, 0.05) is 43.7 Å². The first-order valence-electron chi connectivity index (χ1n) is 6.21. The number of benzene rings is 1. The molecule has 1 aromatic carbocycles. The monoisotopic (exact) mass is 312 g/mol. The van der Waals surface area contributed by atoms with Crippen molar-refractivity contribution in [3.05, 3.63) is 41.5 Å². The first-order valence-corrected chi connectivity index (χ1v) is 7.65. The molecule has 0 fully saturated rings. The van der Waals surface area contributed by atoms with Crippen LogP contribution in [0.15, 0.2) is 29.4 Å². The number of aryl methyl sites for hydroxylation is 1. The Morgan fingerprint density at radius 3 is 2.62 bits per heavy atom. The zero-order valence-corrected chi connectivity index (χ0v) is 12.9. The Balaban J connectivity index is 2.33. The highest BCUT2D eigenvalue weighted by molar-refractivity contribution is 7.89. The Kier molecular flexibility index (Phi) is 4.02. The molecule has 6 nitrogen and oxygen atoms in total. The summed E-state index contributed by atoms with van der Waals surface area (Å²) < 4.78 is 41.3. The highest BCUT2D eigenvalue weighted by Crippen LogP contribution is 2.23. The van der Waals surface area contributed by atoms with Gasteiger partial charge >= 0.3 is 0 Å². The number of sulfonamides is 1. The van der Waals surface area contributed by atoms with E-state index in [-0.39, 0.29) is 22.7 Å². The smallest absolute Gasteiger partial charge is 0.243 e. The lowest BCUT2D eigenvalue weighted by Gasteiger charge is -2.17. The Morgan fingerprint density at radius 2 is 2.10 bits per heavy atom. The summed E-state index contributed by atoms with van der Waals surface area (Å²) >= 11 is 0. The van der Waals surface area contributed by atoms with E-state index in [1.807, 2.05) is 0 Å². The molecule has 2 N–H and O–H groups in total. The van der Waals surface area contributed by atoms with Crippen LogP contribution in [0.3, 0.4) is 0 Å². The van der Waals surface area contributed by atoms with Crippen LogP contribution in [0.2, 0.25) is 0 Å². The Morgan fingerprint density at radius 1 is 1.43 bits per heavy atom. The van der Waals surface area contributed by atoms with E-state index in [0.717, 1.165) is 15.9 Å². The molecule has 0 spiro atoms. The third-order valence-corrected chi connectivity index (χ3v) is 5.01. The van der Waals surface area contributed by atoms with Gasteiger partial charge in [-0.15, -0.1) is 0 Å². The molecule has 0 bridgehead atoms. The van der Waals surface area contributed by atoms with Crippen molar-refractivity contribution in [2.45, 2.75) is 18.4 Å². The maximum Gasteiger partial charge on any atom is 0.243 e. The molecule has 21 heavy (non-hydrogen) atoms. The fourth-order valence-electron chi connectivity index (χ4n) is 1.90. The Hall–Kier alpha value is -1.93. The van der Waals surface area contributed by atoms with Gasteiger partial charge in [0.1, 0.15) is 5.82 Å². The maximum absolute atomic E-state index is 13.7. The number of rotatable bonds is 4. The minimum absolute atomic E-state index is 0.114. The van der Waals surface area contributed by atoms with Crippen LogP contribution in [0.25, 0.3) is 0 Å². The maximum atomic E-state index is 13.7. The quantitative estimate of drug-likeness (QED) is 0.862. The molecule has 0 saturated carbocycles. The molecule has 8 heteroatoms. The zero-order valence-electron chi connectivity index (χ0n) is 12.0. The number of nitrogen functional groups attached to an aromatic ring is 1. The van der Waals surface area contributed by atoms with Crippen LogP contribution in [0.5, 0.6) is 0 Å². The Labute approximate surface area is 123 Å². The van der Waals surface area contributed by atoms with Crippen LogP contribution in [0, 0.1) is 12.7 Å². The SMILES string of the molecule is Cc1c(N)cc(S(=O)(=O)N(C)Cc2cnn(C)c2)cc1F. The number of halogens is 1. The lowest BCUT2D eigenvalue weighted by molar-refractivity contribution is 0.465. The minimum Gasteiger partial charge on any atom is -0.398 e. The average Bonchev–Trinajstić information content (AvgIpc) is 2.80. The fourth-order valence-corrected chi connectivity index (χ4v) is 3.11. The first kappa shape index (κ1) is 15.5. The molecule has 0 aliphatic rings. The molecular formula is C13H17FN4O2S. The van der Waals surface area contributed by atoms with Crippen molar-refractivity contribution >= 4 is 15.7 Å². The molecule has 0 aliphatic heterocycles. The van der Waals surface area contributed by atoms with Crippen molar-refractivity contribution < 1.29 is 12.8 Å². The van der Waals surface area contributed by atoms with Crippen LogP contribution in [0.1, 0.15) is 11.1 Å². The van der Waals surface area contributed by atoms with Crippen LogP contribution in [-0.2, 0) is 23.6 Å². The average molecular weight is 312 g/mol. The summed E-state index contributed by atoms with van der Waals surface area (Å²) in [7, 11) is -0.642. The summed E-state index contributed by atoms with van der Waals surface area (Å²) in [4.78, 5) is -0.158. The molecule has 0 atom stereocenters. The number of nitrogens with two attached hydrogens (primary N) is 1. The zero-order chi connectivity index (χ0) is 15.8. The van der Waals surface area contributed by atoms with Crippen molar-refractivity contribution in [3.63, 3.8) is 0 Å². The van der Waals surface area contributed by atoms with Crippen LogP contribution >= 0.6 is 0 Å². The van der Waals surface area contributed by atoms with Gasteiger partial charge in [-0.2, -0.15) is 9.40 Å². The summed E-state index contributed by atoms with van der Waals surface area (Å²) in [5.74, 6) is -0.636. The van der Waals surface area contributed by atoms with E-state index in [0.29, 0.717) is 0 Å². The van der Waals surface area contributed by atoms with E-state index in [1.54, 1.807) is 24.1 Å². The van der Waals surface area contributed by atoms with Crippen LogP contribution in [-0.4, -0.2) is 29.6 Å². The molecule has 114 valence electrons. The van der Waals surface area contributed by atoms with Crippen molar-refractivity contribution in [3.8, 4) is 0 Å². The van der Waals surface area contributed by atoms with Crippen molar-refractivity contribution in [2.75, 3.05) is 12.8 Å². The molecule has 1 heterocycles. The molecule has 0 saturated heterocycles. The summed E-state index contributed by atoms with van der Waals surface area (Å²) in [5, 5.41) is 3.98. The number of anilines is 1. The lowest BCUT2D eigenvalue weighted by Crippen LogP contribution is -2.26. The van der Waals surface area contributed by atoms with Gasteiger partial charge in [0.15, 0.2) is 0 Å². The molecular weight excluding hydrogens is 295 g/mol. The summed E-state index contributed by atoms with van der Waals surface area (Å²) in [6.07, 6.45) is 3.30. The third kappa shape index (κ3) is 3.06. The van der Waals surface area contributed by atoms with Gasteiger partial charge in [0.25, 0.3) is 0 Å². The topological polar surface area (TPSA) is 81.2 Å². The second-order valence-corrected chi connectivity index (χ2v) is 6.95. The highest BCUT2D eigenvalue weighted by atomic mass is 32.2. The van der Waals surface area contributed by atoms with Gasteiger partial charge < -0.3 is 5.73 Å². The number of hydrogen-bond donors (Lipinski definition) is 1. The summed E-state index contributed by atoms with van der Waals surface area (Å²) in [6.45, 7) is 1.64.